The zero-order valence-electron chi connectivity index (χ0n) is 7.71. The molecule has 0 saturated heterocycles. The predicted molar refractivity (Wildman–Crippen MR) is 48.9 cm³/mol. The molecule has 0 bridgehead atoms. The van der Waals surface area contributed by atoms with Gasteiger partial charge in [-0.1, -0.05) is 11.6 Å². The SMILES string of the molecule is CC(C)=CCC[C@H](N)CC(=O)O. The lowest BCUT2D eigenvalue weighted by atomic mass is 10.1. The molecular weight excluding hydrogens is 154 g/mol. The average Bonchev–Trinajstić information content (AvgIpc) is 1.84. The molecule has 3 N–H and O–H groups in total. The highest BCUT2D eigenvalue weighted by Gasteiger charge is 2.05. The Morgan fingerprint density at radius 2 is 2.17 bits per heavy atom. The van der Waals surface area contributed by atoms with Crippen LogP contribution in [-0.2, 0) is 4.79 Å². The van der Waals surface area contributed by atoms with Crippen LogP contribution in [0.2, 0.25) is 0 Å². The minimum atomic E-state index is -0.820. The quantitative estimate of drug-likeness (QED) is 0.617. The molecule has 0 spiro atoms. The fourth-order valence-electron chi connectivity index (χ4n) is 0.912. The van der Waals surface area contributed by atoms with E-state index in [1.165, 1.54) is 5.57 Å². The monoisotopic (exact) mass is 171 g/mol. The molecule has 0 fully saturated rings. The molecule has 3 heteroatoms. The highest BCUT2D eigenvalue weighted by atomic mass is 16.4. The number of rotatable bonds is 5. The zero-order valence-corrected chi connectivity index (χ0v) is 7.71. The van der Waals surface area contributed by atoms with E-state index in [0.29, 0.717) is 0 Å². The third-order valence-corrected chi connectivity index (χ3v) is 1.53. The van der Waals surface area contributed by atoms with Crippen molar-refractivity contribution in [3.63, 3.8) is 0 Å². The summed E-state index contributed by atoms with van der Waals surface area (Å²) in [6.07, 6.45) is 3.76. The maximum atomic E-state index is 10.2. The Morgan fingerprint density at radius 3 is 2.58 bits per heavy atom. The van der Waals surface area contributed by atoms with Gasteiger partial charge in [0.05, 0.1) is 6.42 Å². The van der Waals surface area contributed by atoms with E-state index in [2.05, 4.69) is 6.08 Å². The van der Waals surface area contributed by atoms with Gasteiger partial charge in [-0.25, -0.2) is 0 Å². The van der Waals surface area contributed by atoms with Crippen LogP contribution in [0.1, 0.15) is 33.1 Å². The number of aliphatic carboxylic acids is 1. The van der Waals surface area contributed by atoms with Crippen molar-refractivity contribution in [3.05, 3.63) is 11.6 Å². The first kappa shape index (κ1) is 11.2. The molecule has 0 aliphatic heterocycles. The lowest BCUT2D eigenvalue weighted by molar-refractivity contribution is -0.137. The van der Waals surface area contributed by atoms with Gasteiger partial charge in [0.2, 0.25) is 0 Å². The van der Waals surface area contributed by atoms with E-state index < -0.39 is 5.97 Å². The van der Waals surface area contributed by atoms with Gasteiger partial charge >= 0.3 is 5.97 Å². The van der Waals surface area contributed by atoms with E-state index in [9.17, 15) is 4.79 Å². The zero-order chi connectivity index (χ0) is 9.56. The Labute approximate surface area is 73.3 Å². The van der Waals surface area contributed by atoms with Gasteiger partial charge in [0.15, 0.2) is 0 Å². The lowest BCUT2D eigenvalue weighted by Crippen LogP contribution is -2.23. The van der Waals surface area contributed by atoms with Crippen LogP contribution in [0.5, 0.6) is 0 Å². The summed E-state index contributed by atoms with van der Waals surface area (Å²) < 4.78 is 0. The lowest BCUT2D eigenvalue weighted by Gasteiger charge is -2.05. The minimum absolute atomic E-state index is 0.0661. The van der Waals surface area contributed by atoms with Gasteiger partial charge in [0.25, 0.3) is 0 Å². The van der Waals surface area contributed by atoms with Crippen molar-refractivity contribution in [2.24, 2.45) is 5.73 Å². The number of carbonyl (C=O) groups is 1. The summed E-state index contributed by atoms with van der Waals surface area (Å²) in [6.45, 7) is 4.03. The molecule has 0 radical (unpaired) electrons. The van der Waals surface area contributed by atoms with Gasteiger partial charge in [-0.2, -0.15) is 0 Å². The van der Waals surface area contributed by atoms with E-state index in [1.807, 2.05) is 13.8 Å². The third-order valence-electron chi connectivity index (χ3n) is 1.53. The first-order valence-electron chi connectivity index (χ1n) is 4.13. The van der Waals surface area contributed by atoms with Crippen molar-refractivity contribution in [2.45, 2.75) is 39.2 Å². The molecule has 3 nitrogen and oxygen atoms in total. The number of hydrogen-bond acceptors (Lipinski definition) is 2. The van der Waals surface area contributed by atoms with Crippen molar-refractivity contribution in [2.75, 3.05) is 0 Å². The second kappa shape index (κ2) is 5.77. The number of hydrogen-bond donors (Lipinski definition) is 2. The Kier molecular flexibility index (Phi) is 5.37. The van der Waals surface area contributed by atoms with Crippen LogP contribution in [0.4, 0.5) is 0 Å². The number of allylic oxidation sites excluding steroid dienone is 2. The van der Waals surface area contributed by atoms with E-state index in [-0.39, 0.29) is 12.5 Å². The molecule has 0 aromatic heterocycles. The molecule has 0 heterocycles. The molecule has 0 saturated carbocycles. The molecule has 0 aliphatic rings. The molecule has 12 heavy (non-hydrogen) atoms. The van der Waals surface area contributed by atoms with Crippen molar-refractivity contribution in [1.29, 1.82) is 0 Å². The van der Waals surface area contributed by atoms with E-state index in [0.717, 1.165) is 12.8 Å². The highest BCUT2D eigenvalue weighted by molar-refractivity contribution is 5.67. The van der Waals surface area contributed by atoms with Crippen LogP contribution in [-0.4, -0.2) is 17.1 Å². The van der Waals surface area contributed by atoms with E-state index in [1.54, 1.807) is 0 Å². The van der Waals surface area contributed by atoms with Gasteiger partial charge < -0.3 is 10.8 Å². The Bertz CT molecular complexity index is 171. The standard InChI is InChI=1S/C9H17NO2/c1-7(2)4-3-5-8(10)6-9(11)12/h4,8H,3,5-6,10H2,1-2H3,(H,11,12)/t8-/m0/s1. The summed E-state index contributed by atoms with van der Waals surface area (Å²) >= 11 is 0. The van der Waals surface area contributed by atoms with Crippen LogP contribution in [0, 0.1) is 0 Å². The smallest absolute Gasteiger partial charge is 0.304 e. The maximum absolute atomic E-state index is 10.2. The van der Waals surface area contributed by atoms with Crippen LogP contribution in [0.15, 0.2) is 11.6 Å². The first-order chi connectivity index (χ1) is 5.52. The first-order valence-corrected chi connectivity index (χ1v) is 4.13. The summed E-state index contributed by atoms with van der Waals surface area (Å²) in [6, 6.07) is -0.210. The number of nitrogens with two attached hydrogens (primary N) is 1. The van der Waals surface area contributed by atoms with Gasteiger partial charge in [-0.15, -0.1) is 0 Å². The average molecular weight is 171 g/mol. The van der Waals surface area contributed by atoms with Crippen LogP contribution >= 0.6 is 0 Å². The molecule has 0 amide bonds. The summed E-state index contributed by atoms with van der Waals surface area (Å²) in [5.41, 5.74) is 6.80. The highest BCUT2D eigenvalue weighted by Crippen LogP contribution is 2.02. The molecular formula is C9H17NO2. The fourth-order valence-corrected chi connectivity index (χ4v) is 0.912. The van der Waals surface area contributed by atoms with Gasteiger partial charge in [0, 0.05) is 6.04 Å². The molecule has 0 rings (SSSR count). The van der Waals surface area contributed by atoms with Crippen LogP contribution in [0.3, 0.4) is 0 Å². The van der Waals surface area contributed by atoms with Crippen molar-refractivity contribution < 1.29 is 9.90 Å². The van der Waals surface area contributed by atoms with Crippen LogP contribution < -0.4 is 5.73 Å². The van der Waals surface area contributed by atoms with E-state index in [4.69, 9.17) is 10.8 Å². The number of carboxylic acids is 1. The molecule has 70 valence electrons. The summed E-state index contributed by atoms with van der Waals surface area (Å²) in [5, 5.41) is 8.40. The predicted octanol–water partition coefficient (Wildman–Crippen LogP) is 1.53. The largest absolute Gasteiger partial charge is 0.481 e. The van der Waals surface area contributed by atoms with Crippen molar-refractivity contribution in [1.82, 2.24) is 0 Å². The van der Waals surface area contributed by atoms with Crippen LogP contribution in [0.25, 0.3) is 0 Å². The molecule has 0 aliphatic carbocycles. The van der Waals surface area contributed by atoms with Gasteiger partial charge in [-0.3, -0.25) is 4.79 Å². The topological polar surface area (TPSA) is 63.3 Å². The summed E-state index contributed by atoms with van der Waals surface area (Å²) in [4.78, 5) is 10.2. The fraction of sp³-hybridized carbons (Fsp3) is 0.667. The summed E-state index contributed by atoms with van der Waals surface area (Å²) in [7, 11) is 0. The number of carboxylic acid groups (broad SMARTS) is 1. The Balaban J connectivity index is 3.50. The van der Waals surface area contributed by atoms with Crippen molar-refractivity contribution in [3.8, 4) is 0 Å². The minimum Gasteiger partial charge on any atom is -0.481 e. The Morgan fingerprint density at radius 1 is 1.58 bits per heavy atom. The van der Waals surface area contributed by atoms with Crippen molar-refractivity contribution >= 4 is 5.97 Å². The van der Waals surface area contributed by atoms with E-state index >= 15 is 0 Å². The molecule has 0 aromatic carbocycles. The molecule has 0 aromatic rings. The summed E-state index contributed by atoms with van der Waals surface area (Å²) in [5.74, 6) is -0.820. The third kappa shape index (κ3) is 7.28. The molecule has 0 unspecified atom stereocenters. The second-order valence-corrected chi connectivity index (χ2v) is 3.22. The molecule has 1 atom stereocenters. The van der Waals surface area contributed by atoms with Gasteiger partial charge in [-0.05, 0) is 26.7 Å². The normalized spacial score (nSPS) is 12.2. The second-order valence-electron chi connectivity index (χ2n) is 3.22. The Hall–Kier alpha value is -0.830. The maximum Gasteiger partial charge on any atom is 0.304 e. The van der Waals surface area contributed by atoms with Gasteiger partial charge in [0.1, 0.15) is 0 Å².